The van der Waals surface area contributed by atoms with Crippen LogP contribution in [0.15, 0.2) is 78.9 Å². The third-order valence-corrected chi connectivity index (χ3v) is 7.38. The summed E-state index contributed by atoms with van der Waals surface area (Å²) in [5.74, 6) is -0.0792. The van der Waals surface area contributed by atoms with E-state index in [9.17, 15) is 4.79 Å². The van der Waals surface area contributed by atoms with Crippen molar-refractivity contribution in [2.24, 2.45) is 11.7 Å². The van der Waals surface area contributed by atoms with E-state index in [0.29, 0.717) is 6.04 Å². The van der Waals surface area contributed by atoms with Crippen LogP contribution in [0.25, 0.3) is 0 Å². The summed E-state index contributed by atoms with van der Waals surface area (Å²) in [6.07, 6.45) is 5.10. The Labute approximate surface area is 197 Å². The lowest BCUT2D eigenvalue weighted by atomic mass is 9.64. The summed E-state index contributed by atoms with van der Waals surface area (Å²) in [5.41, 5.74) is 9.67. The molecule has 0 aliphatic heterocycles. The number of carbonyl (C=O) groups excluding carboxylic acids is 1. The van der Waals surface area contributed by atoms with E-state index < -0.39 is 5.41 Å². The fourth-order valence-electron chi connectivity index (χ4n) is 5.71. The van der Waals surface area contributed by atoms with Crippen molar-refractivity contribution in [3.63, 3.8) is 0 Å². The van der Waals surface area contributed by atoms with Gasteiger partial charge in [-0.05, 0) is 81.8 Å². The fraction of sp³-hybridized carbons (Fsp3) is 0.379. The molecule has 4 heteroatoms. The summed E-state index contributed by atoms with van der Waals surface area (Å²) in [5, 5.41) is 0. The van der Waals surface area contributed by atoms with Crippen molar-refractivity contribution in [1.82, 2.24) is 9.88 Å². The summed E-state index contributed by atoms with van der Waals surface area (Å²) in [6.45, 7) is 3.06. The zero-order chi connectivity index (χ0) is 23.3. The minimum absolute atomic E-state index is 0.172. The first-order chi connectivity index (χ1) is 16.0. The van der Waals surface area contributed by atoms with Crippen LogP contribution in [0, 0.1) is 12.8 Å². The second-order valence-electron chi connectivity index (χ2n) is 9.42. The van der Waals surface area contributed by atoms with E-state index in [1.807, 2.05) is 49.4 Å². The maximum Gasteiger partial charge on any atom is 0.232 e. The van der Waals surface area contributed by atoms with Gasteiger partial charge >= 0.3 is 0 Å². The monoisotopic (exact) mass is 441 g/mol. The maximum atomic E-state index is 13.2. The minimum Gasteiger partial charge on any atom is -0.369 e. The Morgan fingerprint density at radius 3 is 2.18 bits per heavy atom. The number of nitrogens with two attached hydrogens (primary N) is 1. The van der Waals surface area contributed by atoms with E-state index in [1.54, 1.807) is 0 Å². The molecule has 4 nitrogen and oxygen atoms in total. The van der Waals surface area contributed by atoms with Gasteiger partial charge in [0.15, 0.2) is 0 Å². The van der Waals surface area contributed by atoms with Crippen molar-refractivity contribution < 1.29 is 4.79 Å². The van der Waals surface area contributed by atoms with Gasteiger partial charge in [0.05, 0.1) is 0 Å². The van der Waals surface area contributed by atoms with Gasteiger partial charge in [0.25, 0.3) is 0 Å². The number of rotatable bonds is 9. The smallest absolute Gasteiger partial charge is 0.232 e. The van der Waals surface area contributed by atoms with Crippen LogP contribution < -0.4 is 5.73 Å². The van der Waals surface area contributed by atoms with E-state index in [1.165, 1.54) is 0 Å². The Kier molecular flexibility index (Phi) is 7.24. The quantitative estimate of drug-likeness (QED) is 0.514. The maximum absolute atomic E-state index is 13.2. The molecule has 3 aromatic rings. The average molecular weight is 442 g/mol. The molecule has 1 fully saturated rings. The molecule has 2 N–H and O–H groups in total. The first kappa shape index (κ1) is 23.2. The average Bonchev–Trinajstić information content (AvgIpc) is 3.31. The third kappa shape index (κ3) is 4.86. The number of aryl methyl sites for hydroxylation is 2. The first-order valence-corrected chi connectivity index (χ1v) is 12.1. The van der Waals surface area contributed by atoms with Gasteiger partial charge < -0.3 is 10.6 Å². The highest BCUT2D eigenvalue weighted by Crippen LogP contribution is 2.47. The number of carbonyl (C=O) groups is 1. The lowest BCUT2D eigenvalue weighted by molar-refractivity contribution is -0.123. The summed E-state index contributed by atoms with van der Waals surface area (Å²) < 4.78 is 0. The molecular formula is C29H35N3O. The Balaban J connectivity index is 1.51. The molecule has 0 saturated heterocycles. The van der Waals surface area contributed by atoms with Crippen LogP contribution >= 0.6 is 0 Å². The minimum atomic E-state index is -0.802. The number of hydrogen-bond acceptors (Lipinski definition) is 3. The molecule has 1 saturated carbocycles. The number of pyridine rings is 1. The highest BCUT2D eigenvalue weighted by molar-refractivity contribution is 5.91. The number of aromatic nitrogens is 1. The van der Waals surface area contributed by atoms with Crippen molar-refractivity contribution in [2.75, 3.05) is 13.6 Å². The standard InChI is InChI=1S/C29H35N3O/c1-22-11-9-16-26(31-22)17-10-20-32(2)27-19-18-25(21-27)29(28(30)33,23-12-5-3-6-13-23)24-14-7-4-8-15-24/h3-9,11-16,25,27H,10,17-21H2,1-2H3,(H2,30,33). The zero-order valence-electron chi connectivity index (χ0n) is 19.8. The van der Waals surface area contributed by atoms with Gasteiger partial charge in [0, 0.05) is 17.4 Å². The molecule has 2 atom stereocenters. The molecule has 2 aromatic carbocycles. The van der Waals surface area contributed by atoms with Gasteiger partial charge in [-0.3, -0.25) is 9.78 Å². The van der Waals surface area contributed by atoms with E-state index in [-0.39, 0.29) is 11.8 Å². The topological polar surface area (TPSA) is 59.2 Å². The van der Waals surface area contributed by atoms with Crippen LogP contribution in [0.2, 0.25) is 0 Å². The Hall–Kier alpha value is -2.98. The largest absolute Gasteiger partial charge is 0.369 e. The Morgan fingerprint density at radius 2 is 1.61 bits per heavy atom. The number of nitrogens with zero attached hydrogens (tertiary/aromatic N) is 2. The molecular weight excluding hydrogens is 406 g/mol. The second kappa shape index (κ2) is 10.3. The van der Waals surface area contributed by atoms with E-state index in [4.69, 9.17) is 5.73 Å². The molecule has 33 heavy (non-hydrogen) atoms. The van der Waals surface area contributed by atoms with Gasteiger partial charge in [-0.1, -0.05) is 66.7 Å². The summed E-state index contributed by atoms with van der Waals surface area (Å²) >= 11 is 0. The molecule has 0 spiro atoms. The molecule has 172 valence electrons. The van der Waals surface area contributed by atoms with E-state index in [2.05, 4.69) is 53.3 Å². The fourth-order valence-corrected chi connectivity index (χ4v) is 5.71. The van der Waals surface area contributed by atoms with Crippen LogP contribution in [0.5, 0.6) is 0 Å². The van der Waals surface area contributed by atoms with Crippen molar-refractivity contribution in [2.45, 2.75) is 50.5 Å². The molecule has 4 rings (SSSR count). The number of amides is 1. The van der Waals surface area contributed by atoms with Gasteiger partial charge in [0.1, 0.15) is 5.41 Å². The van der Waals surface area contributed by atoms with Crippen molar-refractivity contribution in [1.29, 1.82) is 0 Å². The molecule has 1 aliphatic carbocycles. The van der Waals surface area contributed by atoms with Crippen molar-refractivity contribution in [3.8, 4) is 0 Å². The Morgan fingerprint density at radius 1 is 0.970 bits per heavy atom. The molecule has 0 bridgehead atoms. The van der Waals surface area contributed by atoms with Crippen LogP contribution in [0.1, 0.15) is 48.2 Å². The highest BCUT2D eigenvalue weighted by Gasteiger charge is 2.50. The van der Waals surface area contributed by atoms with Crippen molar-refractivity contribution >= 4 is 5.91 Å². The summed E-state index contributed by atoms with van der Waals surface area (Å²) in [7, 11) is 2.22. The lowest BCUT2D eigenvalue weighted by Crippen LogP contribution is -2.48. The van der Waals surface area contributed by atoms with Crippen molar-refractivity contribution in [3.05, 3.63) is 101 Å². The van der Waals surface area contributed by atoms with E-state index >= 15 is 0 Å². The summed E-state index contributed by atoms with van der Waals surface area (Å²) in [4.78, 5) is 20.3. The molecule has 1 heterocycles. The van der Waals surface area contributed by atoms with Gasteiger partial charge in [0.2, 0.25) is 5.91 Å². The number of benzene rings is 2. The highest BCUT2D eigenvalue weighted by atomic mass is 16.1. The Bertz CT molecular complexity index is 1010. The molecule has 0 radical (unpaired) electrons. The van der Waals surface area contributed by atoms with E-state index in [0.717, 1.165) is 61.2 Å². The van der Waals surface area contributed by atoms with Crippen LogP contribution in [0.3, 0.4) is 0 Å². The first-order valence-electron chi connectivity index (χ1n) is 12.1. The number of primary amides is 1. The van der Waals surface area contributed by atoms with Gasteiger partial charge in [-0.15, -0.1) is 0 Å². The second-order valence-corrected chi connectivity index (χ2v) is 9.42. The normalized spacial score (nSPS) is 18.5. The predicted molar refractivity (Wildman–Crippen MR) is 134 cm³/mol. The summed E-state index contributed by atoms with van der Waals surface area (Å²) in [6, 6.07) is 26.9. The molecule has 1 aromatic heterocycles. The molecule has 1 aliphatic rings. The van der Waals surface area contributed by atoms with Crippen LogP contribution in [-0.4, -0.2) is 35.4 Å². The van der Waals surface area contributed by atoms with Crippen LogP contribution in [-0.2, 0) is 16.6 Å². The number of hydrogen-bond donors (Lipinski definition) is 1. The van der Waals surface area contributed by atoms with Gasteiger partial charge in [-0.2, -0.15) is 0 Å². The predicted octanol–water partition coefficient (Wildman–Crippen LogP) is 4.89. The molecule has 2 unspecified atom stereocenters. The SMILES string of the molecule is Cc1cccc(CCCN(C)C2CCC(C(C(N)=O)(c3ccccc3)c3ccccc3)C2)n1. The van der Waals surface area contributed by atoms with Gasteiger partial charge in [-0.25, -0.2) is 0 Å². The third-order valence-electron chi connectivity index (χ3n) is 7.38. The van der Waals surface area contributed by atoms with Crippen LogP contribution in [0.4, 0.5) is 0 Å². The lowest BCUT2D eigenvalue weighted by Gasteiger charge is -2.38. The molecule has 1 amide bonds. The zero-order valence-corrected chi connectivity index (χ0v) is 19.8.